The van der Waals surface area contributed by atoms with Crippen molar-refractivity contribution >= 4 is 39.9 Å². The summed E-state index contributed by atoms with van der Waals surface area (Å²) in [6.07, 6.45) is 1.10. The second-order valence-corrected chi connectivity index (χ2v) is 6.40. The first kappa shape index (κ1) is 17.2. The first-order valence-corrected chi connectivity index (χ1v) is 8.68. The second-order valence-electron chi connectivity index (χ2n) is 5.99. The van der Waals surface area contributed by atoms with Crippen LogP contribution in [0, 0.1) is 0 Å². The van der Waals surface area contributed by atoms with E-state index >= 15 is 0 Å². The molecule has 1 amide bonds. The Kier molecular flexibility index (Phi) is 5.14. The average Bonchev–Trinajstić information content (AvgIpc) is 3.06. The smallest absolute Gasteiger partial charge is 0.293 e. The van der Waals surface area contributed by atoms with Crippen molar-refractivity contribution in [3.8, 4) is 0 Å². The number of anilines is 1. The van der Waals surface area contributed by atoms with Crippen molar-refractivity contribution in [1.29, 1.82) is 0 Å². The summed E-state index contributed by atoms with van der Waals surface area (Å²) in [6, 6.07) is 17.2. The Morgan fingerprint density at radius 3 is 2.56 bits per heavy atom. The van der Waals surface area contributed by atoms with Gasteiger partial charge in [-0.25, -0.2) is 0 Å². The molecule has 2 N–H and O–H groups in total. The Labute approximate surface area is 152 Å². The number of thiocarbonyl (C=S) groups is 1. The number of fused-ring (bicyclic) bond motifs is 1. The van der Waals surface area contributed by atoms with Gasteiger partial charge in [0.15, 0.2) is 10.9 Å². The van der Waals surface area contributed by atoms with Crippen LogP contribution in [0.15, 0.2) is 59.0 Å². The summed E-state index contributed by atoms with van der Waals surface area (Å²) >= 11 is 5.22. The van der Waals surface area contributed by atoms with E-state index in [4.69, 9.17) is 16.6 Å². The lowest BCUT2D eigenvalue weighted by Gasteiger charge is -2.11. The maximum atomic E-state index is 12.3. The highest BCUT2D eigenvalue weighted by Crippen LogP contribution is 2.21. The molecule has 0 saturated carbocycles. The third-order valence-electron chi connectivity index (χ3n) is 4.23. The number of nitrogens with one attached hydrogen (secondary N) is 2. The molecule has 0 aliphatic carbocycles. The molecular weight excluding hydrogens is 332 g/mol. The average molecular weight is 352 g/mol. The Morgan fingerprint density at radius 1 is 1.16 bits per heavy atom. The van der Waals surface area contributed by atoms with Crippen molar-refractivity contribution in [2.24, 2.45) is 0 Å². The fourth-order valence-electron chi connectivity index (χ4n) is 2.55. The SMILES string of the molecule is CCC(C)c1ccc(NC(=S)NC(=O)c2cc3ccccc3o2)cc1. The van der Waals surface area contributed by atoms with Crippen LogP contribution in [0.2, 0.25) is 0 Å². The first-order chi connectivity index (χ1) is 12.1. The molecule has 3 aromatic rings. The molecule has 0 aliphatic rings. The van der Waals surface area contributed by atoms with E-state index in [0.717, 1.165) is 17.5 Å². The minimum atomic E-state index is -0.370. The largest absolute Gasteiger partial charge is 0.451 e. The molecule has 2 aromatic carbocycles. The standard InChI is InChI=1S/C20H20N2O2S/c1-3-13(2)14-8-10-16(11-9-14)21-20(25)22-19(23)18-12-15-6-4-5-7-17(15)24-18/h4-13H,3H2,1-2H3,(H2,21,22,23,25). The molecule has 4 nitrogen and oxygen atoms in total. The number of carbonyl (C=O) groups is 1. The quantitative estimate of drug-likeness (QED) is 0.644. The van der Waals surface area contributed by atoms with Crippen LogP contribution < -0.4 is 10.6 Å². The molecule has 128 valence electrons. The summed E-state index contributed by atoms with van der Waals surface area (Å²) in [5.74, 6) is 0.385. The number of para-hydroxylation sites is 1. The maximum absolute atomic E-state index is 12.3. The van der Waals surface area contributed by atoms with Crippen LogP contribution in [0.5, 0.6) is 0 Å². The van der Waals surface area contributed by atoms with E-state index in [-0.39, 0.29) is 16.8 Å². The number of carbonyl (C=O) groups excluding carboxylic acids is 1. The van der Waals surface area contributed by atoms with Crippen molar-refractivity contribution < 1.29 is 9.21 Å². The van der Waals surface area contributed by atoms with Crippen LogP contribution in [0.4, 0.5) is 5.69 Å². The first-order valence-electron chi connectivity index (χ1n) is 8.27. The Bertz CT molecular complexity index is 866. The summed E-state index contributed by atoms with van der Waals surface area (Å²) in [4.78, 5) is 12.3. The Balaban J connectivity index is 1.62. The van der Waals surface area contributed by atoms with E-state index < -0.39 is 0 Å². The van der Waals surface area contributed by atoms with Gasteiger partial charge in [0.1, 0.15) is 5.58 Å². The van der Waals surface area contributed by atoms with Crippen LogP contribution in [0.25, 0.3) is 11.0 Å². The van der Waals surface area contributed by atoms with E-state index in [9.17, 15) is 4.79 Å². The molecular formula is C20H20N2O2S. The lowest BCUT2D eigenvalue weighted by atomic mass is 9.99. The molecule has 0 spiro atoms. The highest BCUT2D eigenvalue weighted by molar-refractivity contribution is 7.80. The zero-order valence-corrected chi connectivity index (χ0v) is 15.0. The van der Waals surface area contributed by atoms with Crippen molar-refractivity contribution in [1.82, 2.24) is 5.32 Å². The van der Waals surface area contributed by atoms with Gasteiger partial charge in [0.25, 0.3) is 5.91 Å². The van der Waals surface area contributed by atoms with Gasteiger partial charge in [0.2, 0.25) is 0 Å². The van der Waals surface area contributed by atoms with Gasteiger partial charge in [-0.3, -0.25) is 10.1 Å². The summed E-state index contributed by atoms with van der Waals surface area (Å²) in [6.45, 7) is 4.36. The summed E-state index contributed by atoms with van der Waals surface area (Å²) in [5, 5.41) is 6.78. The molecule has 3 rings (SSSR count). The predicted molar refractivity (Wildman–Crippen MR) is 105 cm³/mol. The topological polar surface area (TPSA) is 54.3 Å². The number of furan rings is 1. The zero-order chi connectivity index (χ0) is 17.8. The maximum Gasteiger partial charge on any atom is 0.293 e. The summed E-state index contributed by atoms with van der Waals surface area (Å²) < 4.78 is 5.54. The van der Waals surface area contributed by atoms with E-state index in [1.54, 1.807) is 6.07 Å². The van der Waals surface area contributed by atoms with Crippen molar-refractivity contribution in [3.05, 3.63) is 65.9 Å². The molecule has 0 aliphatic heterocycles. The van der Waals surface area contributed by atoms with Crippen molar-refractivity contribution in [2.75, 3.05) is 5.32 Å². The van der Waals surface area contributed by atoms with Crippen LogP contribution in [0.3, 0.4) is 0 Å². The zero-order valence-electron chi connectivity index (χ0n) is 14.2. The van der Waals surface area contributed by atoms with Gasteiger partial charge in [0, 0.05) is 11.1 Å². The van der Waals surface area contributed by atoms with Crippen LogP contribution in [-0.2, 0) is 0 Å². The van der Waals surface area contributed by atoms with E-state index in [1.807, 2.05) is 36.4 Å². The molecule has 0 radical (unpaired) electrons. The summed E-state index contributed by atoms with van der Waals surface area (Å²) in [7, 11) is 0. The van der Waals surface area contributed by atoms with Gasteiger partial charge in [-0.2, -0.15) is 0 Å². The monoisotopic (exact) mass is 352 g/mol. The van der Waals surface area contributed by atoms with E-state index in [2.05, 4.69) is 36.6 Å². The van der Waals surface area contributed by atoms with Gasteiger partial charge >= 0.3 is 0 Å². The lowest BCUT2D eigenvalue weighted by Crippen LogP contribution is -2.33. The van der Waals surface area contributed by atoms with Gasteiger partial charge < -0.3 is 9.73 Å². The fraction of sp³-hybridized carbons (Fsp3) is 0.200. The molecule has 5 heteroatoms. The number of hydrogen-bond donors (Lipinski definition) is 2. The van der Waals surface area contributed by atoms with Crippen molar-refractivity contribution in [2.45, 2.75) is 26.2 Å². The number of rotatable bonds is 4. The third kappa shape index (κ3) is 4.06. The molecule has 0 bridgehead atoms. The highest BCUT2D eigenvalue weighted by Gasteiger charge is 2.13. The number of benzene rings is 2. The molecule has 0 fully saturated rings. The highest BCUT2D eigenvalue weighted by atomic mass is 32.1. The Hall–Kier alpha value is -2.66. The Morgan fingerprint density at radius 2 is 1.88 bits per heavy atom. The number of amides is 1. The predicted octanol–water partition coefficient (Wildman–Crippen LogP) is 5.07. The van der Waals surface area contributed by atoms with Crippen LogP contribution >= 0.6 is 12.2 Å². The molecule has 1 heterocycles. The lowest BCUT2D eigenvalue weighted by molar-refractivity contribution is 0.0953. The third-order valence-corrected chi connectivity index (χ3v) is 4.43. The second kappa shape index (κ2) is 7.49. The van der Waals surface area contributed by atoms with E-state index in [1.165, 1.54) is 5.56 Å². The fourth-order valence-corrected chi connectivity index (χ4v) is 2.76. The van der Waals surface area contributed by atoms with Crippen LogP contribution in [0.1, 0.15) is 42.3 Å². The molecule has 1 unspecified atom stereocenters. The normalized spacial score (nSPS) is 11.9. The van der Waals surface area contributed by atoms with Gasteiger partial charge in [0.05, 0.1) is 0 Å². The molecule has 25 heavy (non-hydrogen) atoms. The van der Waals surface area contributed by atoms with Crippen LogP contribution in [-0.4, -0.2) is 11.0 Å². The van der Waals surface area contributed by atoms with Crippen molar-refractivity contribution in [3.63, 3.8) is 0 Å². The molecule has 1 aromatic heterocycles. The minimum Gasteiger partial charge on any atom is -0.451 e. The minimum absolute atomic E-state index is 0.234. The summed E-state index contributed by atoms with van der Waals surface area (Å²) in [5.41, 5.74) is 2.79. The number of hydrogen-bond acceptors (Lipinski definition) is 3. The van der Waals surface area contributed by atoms with Gasteiger partial charge in [-0.05, 0) is 54.4 Å². The van der Waals surface area contributed by atoms with Gasteiger partial charge in [-0.1, -0.05) is 44.2 Å². The molecule has 0 saturated heterocycles. The van der Waals surface area contributed by atoms with Gasteiger partial charge in [-0.15, -0.1) is 0 Å². The van der Waals surface area contributed by atoms with E-state index in [0.29, 0.717) is 11.5 Å². The molecule has 1 atom stereocenters.